The normalized spacial score (nSPS) is 16.1. The van der Waals surface area contributed by atoms with Gasteiger partial charge in [0.25, 0.3) is 0 Å². The van der Waals surface area contributed by atoms with Gasteiger partial charge >= 0.3 is 5.97 Å². The molecule has 14 heavy (non-hydrogen) atoms. The van der Waals surface area contributed by atoms with Crippen molar-refractivity contribution in [2.45, 2.75) is 6.42 Å². The Hall–Kier alpha value is -1.90. The molecule has 0 spiro atoms. The summed E-state index contributed by atoms with van der Waals surface area (Å²) in [5.41, 5.74) is 0.744. The van der Waals surface area contributed by atoms with Gasteiger partial charge in [-0.05, 0) is 0 Å². The van der Waals surface area contributed by atoms with Crippen molar-refractivity contribution in [1.29, 1.82) is 0 Å². The summed E-state index contributed by atoms with van der Waals surface area (Å²) in [7, 11) is 0. The SMILES string of the molecule is O=C1C=C(c2ccccc2)OC(=O)C1. The molecule has 0 saturated carbocycles. The van der Waals surface area contributed by atoms with Gasteiger partial charge in [-0.15, -0.1) is 0 Å². The number of allylic oxidation sites excluding steroid dienone is 1. The van der Waals surface area contributed by atoms with Gasteiger partial charge in [0.05, 0.1) is 0 Å². The van der Waals surface area contributed by atoms with E-state index in [1.165, 1.54) is 6.08 Å². The van der Waals surface area contributed by atoms with Crippen molar-refractivity contribution < 1.29 is 14.3 Å². The van der Waals surface area contributed by atoms with Crippen LogP contribution < -0.4 is 0 Å². The van der Waals surface area contributed by atoms with Crippen LogP contribution in [0.5, 0.6) is 0 Å². The maximum Gasteiger partial charge on any atom is 0.319 e. The molecular weight excluding hydrogens is 180 g/mol. The first kappa shape index (κ1) is 8.69. The van der Waals surface area contributed by atoms with Crippen molar-refractivity contribution in [2.24, 2.45) is 0 Å². The van der Waals surface area contributed by atoms with Crippen molar-refractivity contribution in [3.63, 3.8) is 0 Å². The first-order chi connectivity index (χ1) is 6.75. The number of ketones is 1. The fraction of sp³-hybridized carbons (Fsp3) is 0.0909. The zero-order valence-corrected chi connectivity index (χ0v) is 7.40. The minimum atomic E-state index is -0.489. The van der Waals surface area contributed by atoms with Crippen molar-refractivity contribution >= 4 is 17.5 Å². The van der Waals surface area contributed by atoms with Crippen molar-refractivity contribution in [3.05, 3.63) is 42.0 Å². The van der Waals surface area contributed by atoms with Gasteiger partial charge in [0.1, 0.15) is 12.2 Å². The van der Waals surface area contributed by atoms with Crippen LogP contribution in [0, 0.1) is 0 Å². The number of carbonyl (C=O) groups excluding carboxylic acids is 2. The van der Waals surface area contributed by atoms with E-state index in [-0.39, 0.29) is 12.2 Å². The molecule has 1 aliphatic rings. The minimum absolute atomic E-state index is 0.156. The summed E-state index contributed by atoms with van der Waals surface area (Å²) in [5.74, 6) is -0.358. The Bertz CT molecular complexity index is 404. The Morgan fingerprint density at radius 1 is 1.07 bits per heavy atom. The summed E-state index contributed by atoms with van der Waals surface area (Å²) >= 11 is 0. The molecule has 1 aliphatic heterocycles. The number of hydrogen-bond acceptors (Lipinski definition) is 3. The molecule has 2 rings (SSSR count). The Balaban J connectivity index is 2.35. The highest BCUT2D eigenvalue weighted by Crippen LogP contribution is 2.19. The van der Waals surface area contributed by atoms with Crippen LogP contribution in [-0.2, 0) is 14.3 Å². The number of benzene rings is 1. The van der Waals surface area contributed by atoms with E-state index in [1.54, 1.807) is 12.1 Å². The standard InChI is InChI=1S/C11H8O3/c12-9-6-10(14-11(13)7-9)8-4-2-1-3-5-8/h1-6H,7H2. The second kappa shape index (κ2) is 3.46. The molecule has 3 heteroatoms. The van der Waals surface area contributed by atoms with Gasteiger partial charge in [0.2, 0.25) is 0 Å². The van der Waals surface area contributed by atoms with Crippen LogP contribution in [0.2, 0.25) is 0 Å². The third-order valence-electron chi connectivity index (χ3n) is 1.89. The van der Waals surface area contributed by atoms with E-state index in [4.69, 9.17) is 4.74 Å². The Morgan fingerprint density at radius 3 is 2.43 bits per heavy atom. The molecular formula is C11H8O3. The molecule has 3 nitrogen and oxygen atoms in total. The third kappa shape index (κ3) is 1.71. The zero-order valence-electron chi connectivity index (χ0n) is 7.40. The van der Waals surface area contributed by atoms with Gasteiger partial charge in [-0.2, -0.15) is 0 Å². The summed E-state index contributed by atoms with van der Waals surface area (Å²) in [6, 6.07) is 9.08. The first-order valence-electron chi connectivity index (χ1n) is 4.26. The molecule has 0 radical (unpaired) electrons. The highest BCUT2D eigenvalue weighted by Gasteiger charge is 2.19. The Labute approximate surface area is 81.0 Å². The van der Waals surface area contributed by atoms with Crippen LogP contribution in [0.15, 0.2) is 36.4 Å². The summed E-state index contributed by atoms with van der Waals surface area (Å²) in [6.07, 6.45) is 1.20. The van der Waals surface area contributed by atoms with Crippen LogP contribution in [0.1, 0.15) is 12.0 Å². The van der Waals surface area contributed by atoms with Gasteiger partial charge in [-0.25, -0.2) is 0 Å². The second-order valence-electron chi connectivity index (χ2n) is 2.99. The zero-order chi connectivity index (χ0) is 9.97. The van der Waals surface area contributed by atoms with E-state index in [0.29, 0.717) is 5.76 Å². The first-order valence-corrected chi connectivity index (χ1v) is 4.26. The lowest BCUT2D eigenvalue weighted by Gasteiger charge is -2.11. The Kier molecular flexibility index (Phi) is 2.14. The van der Waals surface area contributed by atoms with Crippen LogP contribution in [0.4, 0.5) is 0 Å². The third-order valence-corrected chi connectivity index (χ3v) is 1.89. The maximum atomic E-state index is 11.1. The minimum Gasteiger partial charge on any atom is -0.425 e. The molecule has 0 fully saturated rings. The van der Waals surface area contributed by atoms with Gasteiger partial charge in [0.15, 0.2) is 5.78 Å². The maximum absolute atomic E-state index is 11.1. The molecule has 0 saturated heterocycles. The lowest BCUT2D eigenvalue weighted by atomic mass is 10.1. The molecule has 70 valence electrons. The van der Waals surface area contributed by atoms with Crippen LogP contribution in [0.25, 0.3) is 5.76 Å². The topological polar surface area (TPSA) is 43.4 Å². The molecule has 0 bridgehead atoms. The number of cyclic esters (lactones) is 1. The van der Waals surface area contributed by atoms with Crippen LogP contribution in [0.3, 0.4) is 0 Å². The molecule has 1 heterocycles. The van der Waals surface area contributed by atoms with Gasteiger partial charge in [-0.3, -0.25) is 9.59 Å². The highest BCUT2D eigenvalue weighted by molar-refractivity contribution is 6.09. The van der Waals surface area contributed by atoms with Crippen molar-refractivity contribution in [1.82, 2.24) is 0 Å². The number of esters is 1. The van der Waals surface area contributed by atoms with Crippen LogP contribution in [-0.4, -0.2) is 11.8 Å². The average Bonchev–Trinajstić information content (AvgIpc) is 2.18. The number of ether oxygens (including phenoxy) is 1. The molecule has 1 aromatic carbocycles. The second-order valence-corrected chi connectivity index (χ2v) is 2.99. The summed E-state index contributed by atoms with van der Waals surface area (Å²) < 4.78 is 4.94. The van der Waals surface area contributed by atoms with Gasteiger partial charge < -0.3 is 4.74 Å². The summed E-state index contributed by atoms with van der Waals surface area (Å²) in [5, 5.41) is 0. The number of rotatable bonds is 1. The molecule has 0 unspecified atom stereocenters. The van der Waals surface area contributed by atoms with Gasteiger partial charge in [-0.1, -0.05) is 30.3 Å². The smallest absolute Gasteiger partial charge is 0.319 e. The lowest BCUT2D eigenvalue weighted by Crippen LogP contribution is -2.15. The molecule has 0 aliphatic carbocycles. The monoisotopic (exact) mass is 188 g/mol. The number of carbonyl (C=O) groups is 2. The van der Waals surface area contributed by atoms with E-state index in [9.17, 15) is 9.59 Å². The molecule has 0 atom stereocenters. The van der Waals surface area contributed by atoms with E-state index in [2.05, 4.69) is 0 Å². The van der Waals surface area contributed by atoms with E-state index < -0.39 is 5.97 Å². The van der Waals surface area contributed by atoms with Crippen molar-refractivity contribution in [2.75, 3.05) is 0 Å². The highest BCUT2D eigenvalue weighted by atomic mass is 16.5. The predicted molar refractivity (Wildman–Crippen MR) is 50.1 cm³/mol. The largest absolute Gasteiger partial charge is 0.425 e. The molecule has 1 aromatic rings. The van der Waals surface area contributed by atoms with E-state index in [0.717, 1.165) is 5.56 Å². The molecule has 0 aromatic heterocycles. The lowest BCUT2D eigenvalue weighted by molar-refractivity contribution is -0.140. The fourth-order valence-electron chi connectivity index (χ4n) is 1.27. The molecule has 0 N–H and O–H groups in total. The average molecular weight is 188 g/mol. The Morgan fingerprint density at radius 2 is 1.79 bits per heavy atom. The van der Waals surface area contributed by atoms with E-state index in [1.807, 2.05) is 18.2 Å². The van der Waals surface area contributed by atoms with Crippen LogP contribution >= 0.6 is 0 Å². The van der Waals surface area contributed by atoms with Crippen molar-refractivity contribution in [3.8, 4) is 0 Å². The quantitative estimate of drug-likeness (QED) is 0.496. The summed E-state index contributed by atoms with van der Waals surface area (Å²) in [4.78, 5) is 22.1. The molecule has 0 amide bonds. The number of hydrogen-bond donors (Lipinski definition) is 0. The van der Waals surface area contributed by atoms with E-state index >= 15 is 0 Å². The van der Waals surface area contributed by atoms with Gasteiger partial charge in [0, 0.05) is 11.6 Å². The predicted octanol–water partition coefficient (Wildman–Crippen LogP) is 1.54. The fourth-order valence-corrected chi connectivity index (χ4v) is 1.27. The summed E-state index contributed by atoms with van der Waals surface area (Å²) in [6.45, 7) is 0.